The molecule has 0 heterocycles. The van der Waals surface area contributed by atoms with Crippen molar-refractivity contribution in [3.8, 4) is 0 Å². The van der Waals surface area contributed by atoms with Gasteiger partial charge in [0.1, 0.15) is 5.82 Å². The van der Waals surface area contributed by atoms with Crippen LogP contribution in [0.5, 0.6) is 0 Å². The van der Waals surface area contributed by atoms with Crippen LogP contribution in [0.3, 0.4) is 0 Å². The fourth-order valence-corrected chi connectivity index (χ4v) is 2.88. The monoisotopic (exact) mass is 328 g/mol. The van der Waals surface area contributed by atoms with E-state index in [1.54, 1.807) is 24.3 Å². The van der Waals surface area contributed by atoms with E-state index in [-0.39, 0.29) is 22.7 Å². The molecular weight excluding hydrogens is 315 g/mol. The Labute approximate surface area is 127 Å². The first-order chi connectivity index (χ1) is 9.79. The molecule has 2 rings (SSSR count). The first-order valence-corrected chi connectivity index (χ1v) is 7.95. The number of anilines is 1. The maximum atomic E-state index is 13.6. The Morgan fingerprint density at radius 1 is 1.24 bits per heavy atom. The van der Waals surface area contributed by atoms with Gasteiger partial charge in [-0.15, -0.1) is 0 Å². The van der Waals surface area contributed by atoms with Gasteiger partial charge in [-0.3, -0.25) is 0 Å². The summed E-state index contributed by atoms with van der Waals surface area (Å²) in [6, 6.07) is 8.92. The number of sulfonamides is 1. The van der Waals surface area contributed by atoms with E-state index in [4.69, 9.17) is 17.3 Å². The predicted octanol–water partition coefficient (Wildman–Crippen LogP) is 2.85. The van der Waals surface area contributed by atoms with Gasteiger partial charge in [-0.05, 0) is 36.8 Å². The van der Waals surface area contributed by atoms with Crippen LogP contribution in [-0.2, 0) is 16.6 Å². The number of rotatable bonds is 4. The van der Waals surface area contributed by atoms with E-state index in [0.29, 0.717) is 5.02 Å². The van der Waals surface area contributed by atoms with Crippen molar-refractivity contribution >= 4 is 27.3 Å². The second kappa shape index (κ2) is 6.01. The molecule has 0 aliphatic carbocycles. The average Bonchev–Trinajstić information content (AvgIpc) is 2.43. The summed E-state index contributed by atoms with van der Waals surface area (Å²) in [6.07, 6.45) is 0. The molecule has 0 fully saturated rings. The summed E-state index contributed by atoms with van der Waals surface area (Å²) < 4.78 is 40.2. The normalized spacial score (nSPS) is 11.6. The fourth-order valence-electron chi connectivity index (χ4n) is 1.69. The Hall–Kier alpha value is -1.63. The van der Waals surface area contributed by atoms with Gasteiger partial charge in [0, 0.05) is 22.8 Å². The van der Waals surface area contributed by atoms with Crippen LogP contribution in [-0.4, -0.2) is 8.42 Å². The molecule has 21 heavy (non-hydrogen) atoms. The summed E-state index contributed by atoms with van der Waals surface area (Å²) in [7, 11) is -3.83. The molecule has 112 valence electrons. The number of nitrogens with two attached hydrogens (primary N) is 1. The highest BCUT2D eigenvalue weighted by Gasteiger charge is 2.17. The zero-order valence-electron chi connectivity index (χ0n) is 11.2. The molecule has 0 bridgehead atoms. The van der Waals surface area contributed by atoms with Crippen LogP contribution >= 0.6 is 11.6 Å². The van der Waals surface area contributed by atoms with Crippen LogP contribution in [0.4, 0.5) is 10.1 Å². The fraction of sp³-hybridized carbons (Fsp3) is 0.143. The highest BCUT2D eigenvalue weighted by molar-refractivity contribution is 7.89. The topological polar surface area (TPSA) is 72.2 Å². The van der Waals surface area contributed by atoms with Crippen LogP contribution in [0, 0.1) is 12.7 Å². The molecule has 2 aromatic rings. The first-order valence-electron chi connectivity index (χ1n) is 6.09. The van der Waals surface area contributed by atoms with Crippen molar-refractivity contribution < 1.29 is 12.8 Å². The van der Waals surface area contributed by atoms with Gasteiger partial charge in [0.25, 0.3) is 0 Å². The number of hydrogen-bond acceptors (Lipinski definition) is 3. The Bertz CT molecular complexity index is 738. The third-order valence-electron chi connectivity index (χ3n) is 3.05. The number of hydrogen-bond donors (Lipinski definition) is 2. The van der Waals surface area contributed by atoms with Crippen LogP contribution in [0.25, 0.3) is 0 Å². The van der Waals surface area contributed by atoms with Crippen molar-refractivity contribution in [1.29, 1.82) is 0 Å². The summed E-state index contributed by atoms with van der Waals surface area (Å²) >= 11 is 5.75. The van der Waals surface area contributed by atoms with Crippen molar-refractivity contribution in [3.05, 3.63) is 58.4 Å². The smallest absolute Gasteiger partial charge is 0.241 e. The first kappa shape index (κ1) is 15.8. The Kier molecular flexibility index (Phi) is 4.51. The quantitative estimate of drug-likeness (QED) is 0.848. The predicted molar refractivity (Wildman–Crippen MR) is 81.0 cm³/mol. The van der Waals surface area contributed by atoms with Crippen molar-refractivity contribution in [2.24, 2.45) is 0 Å². The lowest BCUT2D eigenvalue weighted by molar-refractivity contribution is 0.576. The van der Waals surface area contributed by atoms with E-state index in [1.807, 2.05) is 0 Å². The number of nitrogen functional groups attached to an aromatic ring is 1. The van der Waals surface area contributed by atoms with E-state index >= 15 is 0 Å². The summed E-state index contributed by atoms with van der Waals surface area (Å²) in [5, 5.41) is 0.565. The van der Waals surface area contributed by atoms with Crippen molar-refractivity contribution in [3.63, 3.8) is 0 Å². The third kappa shape index (κ3) is 3.72. The minimum Gasteiger partial charge on any atom is -0.398 e. The zero-order valence-corrected chi connectivity index (χ0v) is 12.8. The molecule has 0 amide bonds. The molecule has 0 spiro atoms. The largest absolute Gasteiger partial charge is 0.398 e. The van der Waals surface area contributed by atoms with Gasteiger partial charge < -0.3 is 5.73 Å². The highest BCUT2D eigenvalue weighted by atomic mass is 35.5. The maximum Gasteiger partial charge on any atom is 0.241 e. The summed E-state index contributed by atoms with van der Waals surface area (Å²) in [5.74, 6) is -0.651. The van der Waals surface area contributed by atoms with Gasteiger partial charge >= 0.3 is 0 Å². The van der Waals surface area contributed by atoms with E-state index in [2.05, 4.69) is 4.72 Å². The Morgan fingerprint density at radius 2 is 1.86 bits per heavy atom. The Morgan fingerprint density at radius 3 is 2.43 bits per heavy atom. The molecule has 3 N–H and O–H groups in total. The summed E-state index contributed by atoms with van der Waals surface area (Å²) in [6.45, 7) is 1.57. The average molecular weight is 329 g/mol. The molecule has 0 radical (unpaired) electrons. The van der Waals surface area contributed by atoms with Gasteiger partial charge in [0.15, 0.2) is 0 Å². The molecule has 2 aromatic carbocycles. The minimum absolute atomic E-state index is 0.0783. The molecule has 7 heteroatoms. The summed E-state index contributed by atoms with van der Waals surface area (Å²) in [4.78, 5) is -0.197. The molecular formula is C14H14ClFN2O2S. The lowest BCUT2D eigenvalue weighted by Gasteiger charge is -2.09. The molecule has 0 unspecified atom stereocenters. The van der Waals surface area contributed by atoms with Gasteiger partial charge in [0.05, 0.1) is 4.90 Å². The second-order valence-electron chi connectivity index (χ2n) is 4.57. The molecule has 0 atom stereocenters. The number of nitrogens with one attached hydrogen (secondary N) is 1. The Balaban J connectivity index is 2.20. The maximum absolute atomic E-state index is 13.6. The van der Waals surface area contributed by atoms with E-state index in [1.165, 1.54) is 13.0 Å². The number of halogens is 2. The summed E-state index contributed by atoms with van der Waals surface area (Å²) in [5.41, 5.74) is 6.66. The van der Waals surface area contributed by atoms with Crippen LogP contribution in [0.2, 0.25) is 5.02 Å². The van der Waals surface area contributed by atoms with E-state index in [0.717, 1.165) is 11.6 Å². The highest BCUT2D eigenvalue weighted by Crippen LogP contribution is 2.21. The SMILES string of the molecule is Cc1c(N)cc(S(=O)(=O)NCc2ccc(Cl)cc2)cc1F. The van der Waals surface area contributed by atoms with Crippen molar-refractivity contribution in [2.45, 2.75) is 18.4 Å². The van der Waals surface area contributed by atoms with Gasteiger partial charge in [0.2, 0.25) is 10.0 Å². The molecule has 4 nitrogen and oxygen atoms in total. The van der Waals surface area contributed by atoms with Gasteiger partial charge in [-0.2, -0.15) is 0 Å². The molecule has 0 saturated carbocycles. The lowest BCUT2D eigenvalue weighted by Crippen LogP contribution is -2.23. The zero-order chi connectivity index (χ0) is 15.6. The minimum atomic E-state index is -3.83. The van der Waals surface area contributed by atoms with E-state index in [9.17, 15) is 12.8 Å². The molecule has 0 aromatic heterocycles. The number of benzene rings is 2. The van der Waals surface area contributed by atoms with Gasteiger partial charge in [-0.1, -0.05) is 23.7 Å². The molecule has 0 aliphatic rings. The third-order valence-corrected chi connectivity index (χ3v) is 4.68. The molecule has 0 saturated heterocycles. The van der Waals surface area contributed by atoms with Crippen molar-refractivity contribution in [2.75, 3.05) is 5.73 Å². The van der Waals surface area contributed by atoms with E-state index < -0.39 is 15.8 Å². The lowest BCUT2D eigenvalue weighted by atomic mass is 10.2. The van der Waals surface area contributed by atoms with Gasteiger partial charge in [-0.25, -0.2) is 17.5 Å². The molecule has 0 aliphatic heterocycles. The van der Waals surface area contributed by atoms with Crippen LogP contribution in [0.1, 0.15) is 11.1 Å². The standard InChI is InChI=1S/C14H14ClFN2O2S/c1-9-13(16)6-12(7-14(9)17)21(19,20)18-8-10-2-4-11(15)5-3-10/h2-7,18H,8,17H2,1H3. The second-order valence-corrected chi connectivity index (χ2v) is 6.77. The van der Waals surface area contributed by atoms with Crippen LogP contribution in [0.15, 0.2) is 41.3 Å². The van der Waals surface area contributed by atoms with Crippen molar-refractivity contribution in [1.82, 2.24) is 4.72 Å². The van der Waals surface area contributed by atoms with Crippen LogP contribution < -0.4 is 10.5 Å².